The lowest BCUT2D eigenvalue weighted by Crippen LogP contribution is -2.55. The van der Waals surface area contributed by atoms with Crippen LogP contribution >= 0.6 is 0 Å². The zero-order valence-corrected chi connectivity index (χ0v) is 13.0. The summed E-state index contributed by atoms with van der Waals surface area (Å²) < 4.78 is 0. The van der Waals surface area contributed by atoms with Crippen molar-refractivity contribution in [3.8, 4) is 0 Å². The molecule has 4 heteroatoms. The molecule has 2 bridgehead atoms. The maximum absolute atomic E-state index is 12.3. The van der Waals surface area contributed by atoms with Crippen molar-refractivity contribution in [1.29, 1.82) is 0 Å². The van der Waals surface area contributed by atoms with Gasteiger partial charge in [0.15, 0.2) is 0 Å². The molecule has 2 aliphatic heterocycles. The van der Waals surface area contributed by atoms with Gasteiger partial charge in [-0.05, 0) is 52.5 Å². The number of amides is 1. The SMILES string of the molecule is CCN(C(=O)CNC1CC2CCCC(C1)N2C)C1CC1. The first kappa shape index (κ1) is 14.3. The minimum Gasteiger partial charge on any atom is -0.339 e. The zero-order chi connectivity index (χ0) is 14.1. The zero-order valence-electron chi connectivity index (χ0n) is 13.0. The van der Waals surface area contributed by atoms with Crippen LogP contribution in [0.4, 0.5) is 0 Å². The van der Waals surface area contributed by atoms with Gasteiger partial charge in [0.05, 0.1) is 6.54 Å². The van der Waals surface area contributed by atoms with Crippen LogP contribution in [0.3, 0.4) is 0 Å². The average molecular weight is 279 g/mol. The van der Waals surface area contributed by atoms with E-state index in [0.29, 0.717) is 24.5 Å². The van der Waals surface area contributed by atoms with Gasteiger partial charge < -0.3 is 15.1 Å². The monoisotopic (exact) mass is 279 g/mol. The van der Waals surface area contributed by atoms with E-state index in [1.165, 1.54) is 44.9 Å². The van der Waals surface area contributed by atoms with Gasteiger partial charge in [-0.15, -0.1) is 0 Å². The second kappa shape index (κ2) is 6.02. The van der Waals surface area contributed by atoms with Gasteiger partial charge in [-0.3, -0.25) is 4.79 Å². The molecule has 114 valence electrons. The number of likely N-dealkylation sites (N-methyl/N-ethyl adjacent to an activating group) is 1. The van der Waals surface area contributed by atoms with Crippen molar-refractivity contribution in [2.75, 3.05) is 20.1 Å². The van der Waals surface area contributed by atoms with Crippen LogP contribution in [0, 0.1) is 0 Å². The molecule has 2 saturated heterocycles. The number of fused-ring (bicyclic) bond motifs is 2. The minimum atomic E-state index is 0.305. The topological polar surface area (TPSA) is 35.6 Å². The van der Waals surface area contributed by atoms with Crippen LogP contribution in [-0.2, 0) is 4.79 Å². The molecule has 4 nitrogen and oxygen atoms in total. The normalized spacial score (nSPS) is 34.0. The summed E-state index contributed by atoms with van der Waals surface area (Å²) >= 11 is 0. The van der Waals surface area contributed by atoms with Crippen molar-refractivity contribution in [2.24, 2.45) is 0 Å². The largest absolute Gasteiger partial charge is 0.339 e. The van der Waals surface area contributed by atoms with Crippen LogP contribution in [-0.4, -0.2) is 60.0 Å². The Bertz CT molecular complexity index is 342. The molecule has 1 aliphatic carbocycles. The molecule has 1 saturated carbocycles. The molecule has 2 atom stereocenters. The van der Waals surface area contributed by atoms with E-state index in [2.05, 4.69) is 29.1 Å². The summed E-state index contributed by atoms with van der Waals surface area (Å²) in [6, 6.07) is 2.57. The van der Waals surface area contributed by atoms with Gasteiger partial charge in [-0.25, -0.2) is 0 Å². The summed E-state index contributed by atoms with van der Waals surface area (Å²) in [5.41, 5.74) is 0. The number of hydrogen-bond acceptors (Lipinski definition) is 3. The second-order valence-corrected chi connectivity index (χ2v) is 6.86. The number of carbonyl (C=O) groups excluding carboxylic acids is 1. The van der Waals surface area contributed by atoms with Crippen LogP contribution in [0.5, 0.6) is 0 Å². The van der Waals surface area contributed by atoms with Crippen molar-refractivity contribution in [2.45, 2.75) is 76.0 Å². The van der Waals surface area contributed by atoms with Gasteiger partial charge in [0.25, 0.3) is 0 Å². The quantitative estimate of drug-likeness (QED) is 0.830. The van der Waals surface area contributed by atoms with Crippen molar-refractivity contribution in [1.82, 2.24) is 15.1 Å². The molecule has 1 N–H and O–H groups in total. The smallest absolute Gasteiger partial charge is 0.236 e. The molecule has 0 radical (unpaired) electrons. The number of nitrogens with one attached hydrogen (secondary N) is 1. The van der Waals surface area contributed by atoms with Gasteiger partial charge in [0, 0.05) is 30.7 Å². The van der Waals surface area contributed by atoms with Gasteiger partial charge in [0.1, 0.15) is 0 Å². The van der Waals surface area contributed by atoms with Crippen LogP contribution in [0.2, 0.25) is 0 Å². The lowest BCUT2D eigenvalue weighted by Gasteiger charge is -2.47. The lowest BCUT2D eigenvalue weighted by atomic mass is 9.82. The van der Waals surface area contributed by atoms with Crippen molar-refractivity contribution >= 4 is 5.91 Å². The minimum absolute atomic E-state index is 0.305. The van der Waals surface area contributed by atoms with Gasteiger partial charge >= 0.3 is 0 Å². The van der Waals surface area contributed by atoms with E-state index in [4.69, 9.17) is 0 Å². The van der Waals surface area contributed by atoms with E-state index in [-0.39, 0.29) is 0 Å². The Balaban J connectivity index is 1.47. The van der Waals surface area contributed by atoms with E-state index >= 15 is 0 Å². The molecule has 0 aromatic rings. The van der Waals surface area contributed by atoms with Gasteiger partial charge in [-0.2, -0.15) is 0 Å². The van der Waals surface area contributed by atoms with Crippen molar-refractivity contribution < 1.29 is 4.79 Å². The highest BCUT2D eigenvalue weighted by atomic mass is 16.2. The van der Waals surface area contributed by atoms with Gasteiger partial charge in [-0.1, -0.05) is 6.42 Å². The molecule has 0 aromatic heterocycles. The van der Waals surface area contributed by atoms with Crippen LogP contribution in [0.25, 0.3) is 0 Å². The fourth-order valence-electron chi connectivity index (χ4n) is 4.14. The fraction of sp³-hybridized carbons (Fsp3) is 0.938. The standard InChI is InChI=1S/C16H29N3O/c1-3-19(13-7-8-13)16(20)11-17-12-9-14-5-4-6-15(10-12)18(14)2/h12-15,17H,3-11H2,1-2H3. The summed E-state index contributed by atoms with van der Waals surface area (Å²) in [5.74, 6) is 0.305. The first-order valence-electron chi connectivity index (χ1n) is 8.43. The Labute approximate surface area is 122 Å². The maximum Gasteiger partial charge on any atom is 0.236 e. The third kappa shape index (κ3) is 3.01. The lowest BCUT2D eigenvalue weighted by molar-refractivity contribution is -0.130. The predicted octanol–water partition coefficient (Wildman–Crippen LogP) is 1.60. The first-order chi connectivity index (χ1) is 9.69. The summed E-state index contributed by atoms with van der Waals surface area (Å²) in [7, 11) is 2.28. The third-order valence-electron chi connectivity index (χ3n) is 5.53. The molecule has 2 unspecified atom stereocenters. The molecule has 1 amide bonds. The molecular formula is C16H29N3O. The highest BCUT2D eigenvalue weighted by Gasteiger charge is 2.36. The Morgan fingerprint density at radius 1 is 1.20 bits per heavy atom. The number of piperidine rings is 2. The summed E-state index contributed by atoms with van der Waals surface area (Å²) in [4.78, 5) is 16.9. The first-order valence-corrected chi connectivity index (χ1v) is 8.43. The van der Waals surface area contributed by atoms with Crippen LogP contribution < -0.4 is 5.32 Å². The molecule has 3 fully saturated rings. The number of rotatable bonds is 5. The highest BCUT2D eigenvalue weighted by molar-refractivity contribution is 5.78. The third-order valence-corrected chi connectivity index (χ3v) is 5.53. The van der Waals surface area contributed by atoms with E-state index < -0.39 is 0 Å². The molecule has 3 aliphatic rings. The summed E-state index contributed by atoms with van der Waals surface area (Å²) in [5, 5.41) is 3.55. The number of hydrogen-bond donors (Lipinski definition) is 1. The Hall–Kier alpha value is -0.610. The average Bonchev–Trinajstić information content (AvgIpc) is 3.22. The Morgan fingerprint density at radius 3 is 2.40 bits per heavy atom. The number of nitrogens with zero attached hydrogens (tertiary/aromatic N) is 2. The van der Waals surface area contributed by atoms with E-state index in [9.17, 15) is 4.79 Å². The van der Waals surface area contributed by atoms with E-state index in [0.717, 1.165) is 18.6 Å². The van der Waals surface area contributed by atoms with Crippen molar-refractivity contribution in [3.63, 3.8) is 0 Å². The Kier molecular flexibility index (Phi) is 4.32. The molecule has 20 heavy (non-hydrogen) atoms. The Morgan fingerprint density at radius 2 is 1.85 bits per heavy atom. The maximum atomic E-state index is 12.3. The van der Waals surface area contributed by atoms with Crippen LogP contribution in [0.15, 0.2) is 0 Å². The number of carbonyl (C=O) groups is 1. The van der Waals surface area contributed by atoms with E-state index in [1.54, 1.807) is 0 Å². The highest BCUT2D eigenvalue weighted by Crippen LogP contribution is 2.32. The van der Waals surface area contributed by atoms with Crippen molar-refractivity contribution in [3.05, 3.63) is 0 Å². The predicted molar refractivity (Wildman–Crippen MR) is 80.6 cm³/mol. The van der Waals surface area contributed by atoms with Crippen LogP contribution in [0.1, 0.15) is 51.9 Å². The molecular weight excluding hydrogens is 250 g/mol. The van der Waals surface area contributed by atoms with Gasteiger partial charge in [0.2, 0.25) is 5.91 Å². The summed E-state index contributed by atoms with van der Waals surface area (Å²) in [6.45, 7) is 3.50. The summed E-state index contributed by atoms with van der Waals surface area (Å²) in [6.07, 6.45) is 8.91. The molecule has 0 spiro atoms. The van der Waals surface area contributed by atoms with E-state index in [1.807, 2.05) is 0 Å². The molecule has 0 aromatic carbocycles. The molecule has 2 heterocycles. The second-order valence-electron chi connectivity index (χ2n) is 6.86. The fourth-order valence-corrected chi connectivity index (χ4v) is 4.14. The molecule has 3 rings (SSSR count).